The first kappa shape index (κ1) is 15.4. The van der Waals surface area contributed by atoms with Crippen LogP contribution in [0.25, 0.3) is 0 Å². The van der Waals surface area contributed by atoms with E-state index in [-0.39, 0.29) is 12.4 Å². The molecule has 6 heteroatoms. The van der Waals surface area contributed by atoms with Gasteiger partial charge in [-0.05, 0) is 62.7 Å². The molecule has 0 atom stereocenters. The molecule has 0 saturated carbocycles. The second-order valence-corrected chi connectivity index (χ2v) is 5.93. The van der Waals surface area contributed by atoms with Crippen molar-refractivity contribution in [3.05, 3.63) is 56.5 Å². The highest BCUT2D eigenvalue weighted by Crippen LogP contribution is 2.35. The van der Waals surface area contributed by atoms with E-state index in [1.54, 1.807) is 6.20 Å². The van der Waals surface area contributed by atoms with E-state index >= 15 is 0 Å². The molecule has 1 N–H and O–H groups in total. The lowest BCUT2D eigenvalue weighted by molar-refractivity contribution is 0.301. The van der Waals surface area contributed by atoms with Crippen LogP contribution >= 0.6 is 31.9 Å². The van der Waals surface area contributed by atoms with Crippen molar-refractivity contribution < 1.29 is 9.13 Å². The van der Waals surface area contributed by atoms with E-state index in [9.17, 15) is 4.39 Å². The molecule has 0 saturated heterocycles. The van der Waals surface area contributed by atoms with E-state index in [0.717, 1.165) is 21.1 Å². The van der Waals surface area contributed by atoms with Crippen LogP contribution in [-0.4, -0.2) is 12.0 Å². The van der Waals surface area contributed by atoms with E-state index < -0.39 is 0 Å². The Balaban J connectivity index is 2.13. The maximum Gasteiger partial charge on any atom is 0.148 e. The third-order valence-corrected chi connectivity index (χ3v) is 3.76. The van der Waals surface area contributed by atoms with Crippen LogP contribution < -0.4 is 10.1 Å². The summed E-state index contributed by atoms with van der Waals surface area (Å²) in [6.07, 6.45) is 2.75. The number of rotatable bonds is 5. The molecule has 106 valence electrons. The number of halogens is 3. The lowest BCUT2D eigenvalue weighted by Crippen LogP contribution is -2.05. The first-order chi connectivity index (χ1) is 9.60. The van der Waals surface area contributed by atoms with Gasteiger partial charge < -0.3 is 10.1 Å². The predicted octanol–water partition coefficient (Wildman–Crippen LogP) is 4.04. The van der Waals surface area contributed by atoms with Crippen molar-refractivity contribution in [2.75, 3.05) is 7.05 Å². The van der Waals surface area contributed by atoms with Crippen molar-refractivity contribution in [3.8, 4) is 5.75 Å². The molecule has 3 nitrogen and oxygen atoms in total. The number of aromatic nitrogens is 1. The molecule has 0 amide bonds. The van der Waals surface area contributed by atoms with Crippen LogP contribution in [0.4, 0.5) is 4.39 Å². The molecular weight excluding hydrogens is 391 g/mol. The lowest BCUT2D eigenvalue weighted by Gasteiger charge is -2.12. The molecule has 0 aliphatic carbocycles. The summed E-state index contributed by atoms with van der Waals surface area (Å²) in [5, 5.41) is 3.09. The molecule has 0 fully saturated rings. The van der Waals surface area contributed by atoms with Crippen LogP contribution in [0.3, 0.4) is 0 Å². The second-order valence-electron chi connectivity index (χ2n) is 4.22. The average molecular weight is 404 g/mol. The summed E-state index contributed by atoms with van der Waals surface area (Å²) in [5.41, 5.74) is 1.81. The molecule has 0 aliphatic heterocycles. The average Bonchev–Trinajstić information content (AvgIpc) is 2.38. The molecule has 0 spiro atoms. The lowest BCUT2D eigenvalue weighted by atomic mass is 10.2. The summed E-state index contributed by atoms with van der Waals surface area (Å²) in [5.74, 6) is 0.322. The minimum atomic E-state index is -0.367. The highest BCUT2D eigenvalue weighted by Gasteiger charge is 2.09. The van der Waals surface area contributed by atoms with E-state index in [4.69, 9.17) is 4.74 Å². The van der Waals surface area contributed by atoms with Crippen molar-refractivity contribution in [2.45, 2.75) is 13.2 Å². The number of nitrogens with zero attached hydrogens (tertiary/aromatic N) is 1. The van der Waals surface area contributed by atoms with Gasteiger partial charge in [-0.1, -0.05) is 0 Å². The predicted molar refractivity (Wildman–Crippen MR) is 83.1 cm³/mol. The van der Waals surface area contributed by atoms with Crippen molar-refractivity contribution in [3.63, 3.8) is 0 Å². The van der Waals surface area contributed by atoms with Gasteiger partial charge in [-0.2, -0.15) is 0 Å². The van der Waals surface area contributed by atoms with Gasteiger partial charge in [-0.15, -0.1) is 0 Å². The number of pyridine rings is 1. The van der Waals surface area contributed by atoms with Gasteiger partial charge in [-0.3, -0.25) is 4.98 Å². The largest absolute Gasteiger partial charge is 0.486 e. The van der Waals surface area contributed by atoms with Gasteiger partial charge in [0.25, 0.3) is 0 Å². The Hall–Kier alpha value is -0.980. The van der Waals surface area contributed by atoms with Crippen LogP contribution in [0, 0.1) is 5.82 Å². The Labute approximate surface area is 133 Å². The van der Waals surface area contributed by atoms with Crippen LogP contribution in [-0.2, 0) is 13.2 Å². The summed E-state index contributed by atoms with van der Waals surface area (Å²) >= 11 is 6.97. The van der Waals surface area contributed by atoms with Crippen LogP contribution in [0.2, 0.25) is 0 Å². The second kappa shape index (κ2) is 7.15. The molecule has 1 aromatic carbocycles. The van der Waals surface area contributed by atoms with Gasteiger partial charge in [0, 0.05) is 18.3 Å². The van der Waals surface area contributed by atoms with E-state index in [1.165, 1.54) is 12.3 Å². The monoisotopic (exact) mass is 402 g/mol. The molecule has 0 unspecified atom stereocenters. The molecule has 2 aromatic rings. The molecule has 1 aromatic heterocycles. The first-order valence-corrected chi connectivity index (χ1v) is 7.53. The zero-order valence-corrected chi connectivity index (χ0v) is 14.0. The molecule has 0 aliphatic rings. The summed E-state index contributed by atoms with van der Waals surface area (Å²) in [6, 6.07) is 5.38. The Morgan fingerprint density at radius 1 is 1.15 bits per heavy atom. The normalized spacial score (nSPS) is 10.6. The molecule has 0 bridgehead atoms. The zero-order valence-electron chi connectivity index (χ0n) is 10.8. The number of ether oxygens (including phenoxy) is 1. The standard InChI is InChI=1S/C14H13Br2FN2O/c1-18-5-9-3-12(15)14(13(16)4-9)20-8-10-2-11(17)7-19-6-10/h2-4,6-7,18H,5,8H2,1H3. The summed E-state index contributed by atoms with van der Waals surface area (Å²) in [7, 11) is 1.89. The number of hydrogen-bond acceptors (Lipinski definition) is 3. The zero-order chi connectivity index (χ0) is 14.5. The van der Waals surface area contributed by atoms with Gasteiger partial charge in [0.15, 0.2) is 0 Å². The topological polar surface area (TPSA) is 34.1 Å². The Morgan fingerprint density at radius 2 is 1.85 bits per heavy atom. The SMILES string of the molecule is CNCc1cc(Br)c(OCc2cncc(F)c2)c(Br)c1. The van der Waals surface area contributed by atoms with Crippen LogP contribution in [0.1, 0.15) is 11.1 Å². The van der Waals surface area contributed by atoms with E-state index in [0.29, 0.717) is 11.3 Å². The maximum atomic E-state index is 13.0. The van der Waals surface area contributed by atoms with Gasteiger partial charge >= 0.3 is 0 Å². The first-order valence-electron chi connectivity index (χ1n) is 5.95. The molecule has 0 radical (unpaired) electrons. The fourth-order valence-electron chi connectivity index (χ4n) is 1.75. The smallest absolute Gasteiger partial charge is 0.148 e. The third-order valence-electron chi connectivity index (χ3n) is 2.58. The van der Waals surface area contributed by atoms with Gasteiger partial charge in [0.2, 0.25) is 0 Å². The maximum absolute atomic E-state index is 13.0. The molecule has 2 rings (SSSR count). The molecular formula is C14H13Br2FN2O. The Kier molecular flexibility index (Phi) is 5.51. The number of nitrogens with one attached hydrogen (secondary N) is 1. The quantitative estimate of drug-likeness (QED) is 0.817. The summed E-state index contributed by atoms with van der Waals surface area (Å²) in [6.45, 7) is 1.03. The van der Waals surface area contributed by atoms with Crippen LogP contribution in [0.5, 0.6) is 5.75 Å². The minimum Gasteiger partial charge on any atom is -0.486 e. The Morgan fingerprint density at radius 3 is 2.45 bits per heavy atom. The van der Waals surface area contributed by atoms with Gasteiger partial charge in [0.1, 0.15) is 18.2 Å². The fraction of sp³-hybridized carbons (Fsp3) is 0.214. The fourth-order valence-corrected chi connectivity index (χ4v) is 3.26. The minimum absolute atomic E-state index is 0.257. The van der Waals surface area contributed by atoms with Gasteiger partial charge in [0.05, 0.1) is 15.1 Å². The van der Waals surface area contributed by atoms with E-state index in [1.807, 2.05) is 19.2 Å². The number of hydrogen-bond donors (Lipinski definition) is 1. The summed E-state index contributed by atoms with van der Waals surface area (Å²) in [4.78, 5) is 3.79. The third kappa shape index (κ3) is 4.01. The molecule has 20 heavy (non-hydrogen) atoms. The molecule has 1 heterocycles. The Bertz CT molecular complexity index is 584. The van der Waals surface area contributed by atoms with Crippen molar-refractivity contribution >= 4 is 31.9 Å². The van der Waals surface area contributed by atoms with Gasteiger partial charge in [-0.25, -0.2) is 4.39 Å². The van der Waals surface area contributed by atoms with Crippen molar-refractivity contribution in [1.29, 1.82) is 0 Å². The highest BCUT2D eigenvalue weighted by molar-refractivity contribution is 9.11. The van der Waals surface area contributed by atoms with Crippen molar-refractivity contribution in [1.82, 2.24) is 10.3 Å². The number of benzene rings is 1. The highest BCUT2D eigenvalue weighted by atomic mass is 79.9. The van der Waals surface area contributed by atoms with Crippen LogP contribution in [0.15, 0.2) is 39.5 Å². The van der Waals surface area contributed by atoms with E-state index in [2.05, 4.69) is 42.2 Å². The summed E-state index contributed by atoms with van der Waals surface area (Å²) < 4.78 is 20.5. The van der Waals surface area contributed by atoms with Crippen molar-refractivity contribution in [2.24, 2.45) is 0 Å².